The van der Waals surface area contributed by atoms with Gasteiger partial charge in [-0.3, -0.25) is 23.6 Å². The number of pyridine rings is 1. The van der Waals surface area contributed by atoms with Crippen molar-refractivity contribution >= 4 is 28.2 Å². The fourth-order valence-corrected chi connectivity index (χ4v) is 5.07. The highest BCUT2D eigenvalue weighted by Crippen LogP contribution is 2.24. The molecule has 0 saturated carbocycles. The molecule has 0 aliphatic carbocycles. The van der Waals surface area contributed by atoms with E-state index in [1.54, 1.807) is 46.7 Å². The zero-order valence-electron chi connectivity index (χ0n) is 23.4. The van der Waals surface area contributed by atoms with Gasteiger partial charge in [0.25, 0.3) is 11.5 Å². The number of aromatic nitrogens is 6. The molecule has 6 rings (SSSR count). The van der Waals surface area contributed by atoms with E-state index in [1.165, 1.54) is 10.9 Å². The molecular weight excluding hydrogens is 544 g/mol. The summed E-state index contributed by atoms with van der Waals surface area (Å²) in [6.45, 7) is 3.54. The molecule has 11 nitrogen and oxygen atoms in total. The first kappa shape index (κ1) is 27.2. The van der Waals surface area contributed by atoms with Crippen molar-refractivity contribution in [3.8, 4) is 17.5 Å². The number of hydrogen-bond donors (Lipinski definition) is 2. The summed E-state index contributed by atoms with van der Waals surface area (Å²) in [7, 11) is 0. The fraction of sp³-hybridized carbons (Fsp3) is 0.125. The predicted molar refractivity (Wildman–Crippen MR) is 161 cm³/mol. The summed E-state index contributed by atoms with van der Waals surface area (Å²) in [6.07, 6.45) is 6.50. The number of aryl methyl sites for hydroxylation is 1. The van der Waals surface area contributed by atoms with Crippen LogP contribution in [0.3, 0.4) is 0 Å². The largest absolute Gasteiger partial charge is 0.368 e. The summed E-state index contributed by atoms with van der Waals surface area (Å²) in [4.78, 5) is 43.3. The molecule has 0 unspecified atom stereocenters. The Morgan fingerprint density at radius 1 is 1.07 bits per heavy atom. The molecule has 4 aromatic heterocycles. The van der Waals surface area contributed by atoms with Crippen LogP contribution in [0.25, 0.3) is 22.1 Å². The average molecular weight is 571 g/mol. The van der Waals surface area contributed by atoms with Crippen LogP contribution < -0.4 is 16.6 Å². The second-order valence-electron chi connectivity index (χ2n) is 10.0. The number of carbonyl (C=O) groups excluding carboxylic acids is 2. The maximum absolute atomic E-state index is 14.2. The number of rotatable bonds is 6. The minimum Gasteiger partial charge on any atom is -0.368 e. The number of nitrogens with zero attached hydrogens (tertiary/aromatic N) is 6. The molecule has 0 radical (unpaired) electrons. The highest BCUT2D eigenvalue weighted by atomic mass is 16.2. The van der Waals surface area contributed by atoms with Gasteiger partial charge < -0.3 is 11.1 Å². The van der Waals surface area contributed by atoms with E-state index in [1.807, 2.05) is 55.5 Å². The molecule has 0 saturated heterocycles. The summed E-state index contributed by atoms with van der Waals surface area (Å²) >= 11 is 0. The van der Waals surface area contributed by atoms with Gasteiger partial charge in [-0.2, -0.15) is 10.2 Å². The molecule has 11 heteroatoms. The SMILES string of the molecule is Cc1nn2cccnc2c1C(=O)N[C@@H](C)c1cc2cccc(C#Cc3cnn(CC(N)=O)c3)c2c(=O)n1-c1ccccc1. The lowest BCUT2D eigenvalue weighted by atomic mass is 10.0. The summed E-state index contributed by atoms with van der Waals surface area (Å²) in [5, 5.41) is 12.7. The number of nitrogens with one attached hydrogen (secondary N) is 1. The molecule has 2 amide bonds. The van der Waals surface area contributed by atoms with E-state index in [-0.39, 0.29) is 18.0 Å². The number of primary amides is 1. The van der Waals surface area contributed by atoms with E-state index in [0.717, 1.165) is 0 Å². The molecule has 6 aromatic rings. The first-order valence-electron chi connectivity index (χ1n) is 13.5. The van der Waals surface area contributed by atoms with Gasteiger partial charge in [-0.05, 0) is 49.6 Å². The van der Waals surface area contributed by atoms with Crippen LogP contribution in [0, 0.1) is 18.8 Å². The van der Waals surface area contributed by atoms with Gasteiger partial charge in [0.2, 0.25) is 5.91 Å². The third kappa shape index (κ3) is 5.25. The Morgan fingerprint density at radius 3 is 2.67 bits per heavy atom. The van der Waals surface area contributed by atoms with Crippen LogP contribution >= 0.6 is 0 Å². The van der Waals surface area contributed by atoms with Crippen molar-refractivity contribution in [2.75, 3.05) is 0 Å². The Kier molecular flexibility index (Phi) is 7.01. The van der Waals surface area contributed by atoms with Gasteiger partial charge in [-0.15, -0.1) is 0 Å². The molecule has 0 bridgehead atoms. The number of benzene rings is 2. The third-order valence-electron chi connectivity index (χ3n) is 6.97. The normalized spacial score (nSPS) is 11.7. The number of amides is 2. The maximum Gasteiger partial charge on any atom is 0.264 e. The number of hydrogen-bond acceptors (Lipinski definition) is 6. The zero-order valence-corrected chi connectivity index (χ0v) is 23.4. The lowest BCUT2D eigenvalue weighted by Gasteiger charge is -2.21. The molecule has 212 valence electrons. The predicted octanol–water partition coefficient (Wildman–Crippen LogP) is 2.91. The van der Waals surface area contributed by atoms with E-state index in [0.29, 0.717) is 50.2 Å². The highest BCUT2D eigenvalue weighted by molar-refractivity contribution is 6.01. The Labute approximate surface area is 245 Å². The molecule has 0 aliphatic heterocycles. The number of para-hydroxylation sites is 1. The van der Waals surface area contributed by atoms with Crippen LogP contribution in [0.5, 0.6) is 0 Å². The monoisotopic (exact) mass is 570 g/mol. The van der Waals surface area contributed by atoms with Gasteiger partial charge in [0, 0.05) is 35.5 Å². The van der Waals surface area contributed by atoms with Gasteiger partial charge in [0.15, 0.2) is 5.65 Å². The van der Waals surface area contributed by atoms with Gasteiger partial charge in [-0.1, -0.05) is 42.2 Å². The third-order valence-corrected chi connectivity index (χ3v) is 6.97. The summed E-state index contributed by atoms with van der Waals surface area (Å²) in [5.41, 5.74) is 8.70. The van der Waals surface area contributed by atoms with E-state index < -0.39 is 11.9 Å². The van der Waals surface area contributed by atoms with Crippen molar-refractivity contribution in [1.29, 1.82) is 0 Å². The Balaban J connectivity index is 1.44. The molecule has 43 heavy (non-hydrogen) atoms. The zero-order chi connectivity index (χ0) is 30.1. The molecule has 4 heterocycles. The standard InChI is InChI=1S/C32H26N8O3/c1-20(36-31(42)28-21(2)37-39-15-7-14-34-30(28)39)26-16-24-9-6-8-23(13-12-22-17-35-38(18-22)19-27(33)41)29(24)32(43)40(26)25-10-4-3-5-11-25/h3-11,14-18,20H,19H2,1-2H3,(H2,33,41)(H,36,42)/t20-/m0/s1. The van der Waals surface area contributed by atoms with Gasteiger partial charge in [0.05, 0.1) is 28.9 Å². The molecule has 1 atom stereocenters. The van der Waals surface area contributed by atoms with E-state index in [4.69, 9.17) is 5.73 Å². The molecular formula is C32H26N8O3. The Bertz CT molecular complexity index is 2150. The number of fused-ring (bicyclic) bond motifs is 2. The molecule has 3 N–H and O–H groups in total. The van der Waals surface area contributed by atoms with E-state index in [2.05, 4.69) is 32.3 Å². The smallest absolute Gasteiger partial charge is 0.264 e. The van der Waals surface area contributed by atoms with Crippen molar-refractivity contribution in [2.24, 2.45) is 5.73 Å². The van der Waals surface area contributed by atoms with E-state index in [9.17, 15) is 14.4 Å². The Hall–Kier alpha value is -6.02. The molecule has 2 aromatic carbocycles. The van der Waals surface area contributed by atoms with Crippen molar-refractivity contribution in [3.63, 3.8) is 0 Å². The topological polar surface area (TPSA) is 142 Å². The van der Waals surface area contributed by atoms with Crippen LogP contribution in [0.4, 0.5) is 0 Å². The molecule has 0 aliphatic rings. The first-order valence-corrected chi connectivity index (χ1v) is 13.5. The number of carbonyl (C=O) groups is 2. The van der Waals surface area contributed by atoms with Crippen LogP contribution in [-0.4, -0.2) is 40.8 Å². The second kappa shape index (κ2) is 11.1. The first-order chi connectivity index (χ1) is 20.8. The summed E-state index contributed by atoms with van der Waals surface area (Å²) < 4.78 is 4.57. The lowest BCUT2D eigenvalue weighted by molar-refractivity contribution is -0.118. The van der Waals surface area contributed by atoms with Crippen molar-refractivity contribution in [3.05, 3.63) is 124 Å². The van der Waals surface area contributed by atoms with Gasteiger partial charge in [0.1, 0.15) is 12.1 Å². The van der Waals surface area contributed by atoms with Crippen molar-refractivity contribution in [1.82, 2.24) is 34.3 Å². The molecule has 0 spiro atoms. The van der Waals surface area contributed by atoms with Crippen LogP contribution in [0.2, 0.25) is 0 Å². The van der Waals surface area contributed by atoms with Crippen molar-refractivity contribution in [2.45, 2.75) is 26.4 Å². The Morgan fingerprint density at radius 2 is 1.88 bits per heavy atom. The maximum atomic E-state index is 14.2. The fourth-order valence-electron chi connectivity index (χ4n) is 5.07. The number of nitrogens with two attached hydrogens (primary N) is 1. The second-order valence-corrected chi connectivity index (χ2v) is 10.0. The quantitative estimate of drug-likeness (QED) is 0.295. The van der Waals surface area contributed by atoms with Crippen molar-refractivity contribution < 1.29 is 9.59 Å². The highest BCUT2D eigenvalue weighted by Gasteiger charge is 2.23. The average Bonchev–Trinajstić information content (AvgIpc) is 3.58. The van der Waals surface area contributed by atoms with Crippen LogP contribution in [-0.2, 0) is 11.3 Å². The minimum atomic E-state index is -0.561. The summed E-state index contributed by atoms with van der Waals surface area (Å²) in [5.74, 6) is 5.27. The summed E-state index contributed by atoms with van der Waals surface area (Å²) in [6, 6.07) is 17.8. The van der Waals surface area contributed by atoms with Gasteiger partial charge in [-0.25, -0.2) is 9.50 Å². The van der Waals surface area contributed by atoms with Crippen LogP contribution in [0.15, 0.2) is 90.2 Å². The van der Waals surface area contributed by atoms with Gasteiger partial charge >= 0.3 is 0 Å². The van der Waals surface area contributed by atoms with E-state index >= 15 is 0 Å². The lowest BCUT2D eigenvalue weighted by Crippen LogP contribution is -2.32. The van der Waals surface area contributed by atoms with Crippen LogP contribution in [0.1, 0.15) is 45.8 Å². The molecule has 0 fully saturated rings. The minimum absolute atomic E-state index is 0.0529.